The first-order chi connectivity index (χ1) is 13.6. The number of nitrogens with one attached hydrogen (secondary N) is 2. The van der Waals surface area contributed by atoms with E-state index in [1.165, 1.54) is 6.20 Å². The van der Waals surface area contributed by atoms with Crippen LogP contribution in [0.5, 0.6) is 0 Å². The van der Waals surface area contributed by atoms with E-state index in [0.717, 1.165) is 11.1 Å². The predicted octanol–water partition coefficient (Wildman–Crippen LogP) is 4.27. The summed E-state index contributed by atoms with van der Waals surface area (Å²) < 4.78 is 33.7. The zero-order valence-corrected chi connectivity index (χ0v) is 17.8. The van der Waals surface area contributed by atoms with Crippen LogP contribution >= 0.6 is 0 Å². The molecule has 1 amide bonds. The molecule has 3 aromatic rings. The number of nitrogens with zero attached hydrogens (tertiary/aromatic N) is 1. The third-order valence-corrected chi connectivity index (χ3v) is 6.59. The van der Waals surface area contributed by atoms with Crippen molar-refractivity contribution in [3.63, 3.8) is 0 Å². The van der Waals surface area contributed by atoms with Crippen LogP contribution in [0.4, 0.5) is 11.4 Å². The third-order valence-electron chi connectivity index (χ3n) is 4.93. The van der Waals surface area contributed by atoms with Crippen LogP contribution < -0.4 is 10.0 Å². The summed E-state index contributed by atoms with van der Waals surface area (Å²) in [6.45, 7) is 9.02. The molecule has 0 aliphatic heterocycles. The molecule has 0 spiro atoms. The summed E-state index contributed by atoms with van der Waals surface area (Å²) in [7, 11) is -3.80. The maximum absolute atomic E-state index is 13.1. The van der Waals surface area contributed by atoms with Gasteiger partial charge in [-0.25, -0.2) is 8.42 Å². The zero-order valence-electron chi connectivity index (χ0n) is 17.0. The van der Waals surface area contributed by atoms with E-state index in [1.807, 2.05) is 19.9 Å². The van der Waals surface area contributed by atoms with E-state index in [2.05, 4.69) is 15.2 Å². The lowest BCUT2D eigenvalue weighted by molar-refractivity contribution is 0.102. The molecular weight excluding hydrogens is 390 g/mol. The number of amides is 1. The maximum Gasteiger partial charge on any atom is 0.262 e. The lowest BCUT2D eigenvalue weighted by Crippen LogP contribution is -2.17. The van der Waals surface area contributed by atoms with Crippen molar-refractivity contribution in [2.24, 2.45) is 0 Å². The standard InChI is InChI=1S/C21H23N3O4S/c1-12-9-13(2)15(4)20(14(12)3)29(26,27)24-18-8-6-7-17(10-18)23-21(25)19-11-22-28-16(19)5/h6-11,24H,1-5H3,(H,23,25). The van der Waals surface area contributed by atoms with Crippen molar-refractivity contribution in [1.82, 2.24) is 5.16 Å². The lowest BCUT2D eigenvalue weighted by atomic mass is 10.0. The van der Waals surface area contributed by atoms with Gasteiger partial charge in [0.2, 0.25) is 0 Å². The van der Waals surface area contributed by atoms with Gasteiger partial charge in [0.25, 0.3) is 15.9 Å². The van der Waals surface area contributed by atoms with Gasteiger partial charge in [-0.2, -0.15) is 0 Å². The van der Waals surface area contributed by atoms with Crippen LogP contribution in [0.1, 0.15) is 38.4 Å². The van der Waals surface area contributed by atoms with Crippen LogP contribution in [0.2, 0.25) is 0 Å². The van der Waals surface area contributed by atoms with Gasteiger partial charge < -0.3 is 9.84 Å². The average molecular weight is 413 g/mol. The zero-order chi connectivity index (χ0) is 21.3. The number of rotatable bonds is 5. The Kier molecular flexibility index (Phi) is 5.48. The van der Waals surface area contributed by atoms with E-state index >= 15 is 0 Å². The van der Waals surface area contributed by atoms with Gasteiger partial charge in [0.05, 0.1) is 16.8 Å². The minimum Gasteiger partial charge on any atom is -0.361 e. The molecule has 2 N–H and O–H groups in total. The highest BCUT2D eigenvalue weighted by Gasteiger charge is 2.22. The van der Waals surface area contributed by atoms with Gasteiger partial charge in [-0.05, 0) is 75.1 Å². The Morgan fingerprint density at radius 1 is 0.966 bits per heavy atom. The van der Waals surface area contributed by atoms with Crippen LogP contribution in [-0.2, 0) is 10.0 Å². The number of benzene rings is 2. The molecule has 29 heavy (non-hydrogen) atoms. The fraction of sp³-hybridized carbons (Fsp3) is 0.238. The van der Waals surface area contributed by atoms with E-state index in [0.29, 0.717) is 33.8 Å². The molecule has 0 saturated heterocycles. The van der Waals surface area contributed by atoms with Gasteiger partial charge in [-0.1, -0.05) is 17.3 Å². The molecule has 0 unspecified atom stereocenters. The Balaban J connectivity index is 1.89. The minimum absolute atomic E-state index is 0.282. The van der Waals surface area contributed by atoms with Crippen molar-refractivity contribution in [2.45, 2.75) is 39.5 Å². The van der Waals surface area contributed by atoms with Crippen LogP contribution in [0, 0.1) is 34.6 Å². The molecule has 0 aliphatic carbocycles. The van der Waals surface area contributed by atoms with Crippen molar-refractivity contribution >= 4 is 27.3 Å². The molecular formula is C21H23N3O4S. The molecule has 0 atom stereocenters. The van der Waals surface area contributed by atoms with Crippen LogP contribution in [0.15, 0.2) is 45.9 Å². The second-order valence-corrected chi connectivity index (χ2v) is 8.64. The van der Waals surface area contributed by atoms with Crippen molar-refractivity contribution < 1.29 is 17.7 Å². The number of sulfonamides is 1. The van der Waals surface area contributed by atoms with E-state index in [-0.39, 0.29) is 10.8 Å². The molecule has 8 heteroatoms. The average Bonchev–Trinajstić information content (AvgIpc) is 3.06. The smallest absolute Gasteiger partial charge is 0.262 e. The Bertz CT molecular complexity index is 1170. The number of carbonyl (C=O) groups excluding carboxylic acids is 1. The van der Waals surface area contributed by atoms with E-state index in [1.54, 1.807) is 45.0 Å². The molecule has 152 valence electrons. The number of anilines is 2. The molecule has 0 aliphatic rings. The minimum atomic E-state index is -3.80. The first-order valence-electron chi connectivity index (χ1n) is 9.03. The summed E-state index contributed by atoms with van der Waals surface area (Å²) in [5, 5.41) is 6.31. The van der Waals surface area contributed by atoms with Crippen molar-refractivity contribution in [3.8, 4) is 0 Å². The quantitative estimate of drug-likeness (QED) is 0.650. The largest absolute Gasteiger partial charge is 0.361 e. The van der Waals surface area contributed by atoms with Gasteiger partial charge in [-0.3, -0.25) is 9.52 Å². The monoisotopic (exact) mass is 413 g/mol. The number of aryl methyl sites for hydroxylation is 3. The first kappa shape index (κ1) is 20.6. The molecule has 3 rings (SSSR count). The Morgan fingerprint density at radius 3 is 2.17 bits per heavy atom. The van der Waals surface area contributed by atoms with Gasteiger partial charge in [-0.15, -0.1) is 0 Å². The molecule has 1 aromatic heterocycles. The summed E-state index contributed by atoms with van der Waals surface area (Å²) in [6.07, 6.45) is 1.34. The van der Waals surface area contributed by atoms with Crippen molar-refractivity contribution in [2.75, 3.05) is 10.0 Å². The Morgan fingerprint density at radius 2 is 1.59 bits per heavy atom. The molecule has 0 bridgehead atoms. The molecule has 1 heterocycles. The Labute approximate surface area is 170 Å². The van der Waals surface area contributed by atoms with Crippen LogP contribution in [0.3, 0.4) is 0 Å². The number of aromatic nitrogens is 1. The molecule has 0 radical (unpaired) electrons. The summed E-state index contributed by atoms with van der Waals surface area (Å²) in [4.78, 5) is 12.6. The number of hydrogen-bond donors (Lipinski definition) is 2. The van der Waals surface area contributed by atoms with Gasteiger partial charge in [0, 0.05) is 5.69 Å². The van der Waals surface area contributed by atoms with E-state index < -0.39 is 10.0 Å². The second kappa shape index (κ2) is 7.71. The fourth-order valence-corrected chi connectivity index (χ4v) is 4.83. The topological polar surface area (TPSA) is 101 Å². The van der Waals surface area contributed by atoms with Crippen molar-refractivity contribution in [3.05, 3.63) is 70.1 Å². The summed E-state index contributed by atoms with van der Waals surface area (Å²) in [5.41, 5.74) is 4.38. The highest BCUT2D eigenvalue weighted by atomic mass is 32.2. The van der Waals surface area contributed by atoms with Crippen LogP contribution in [0.25, 0.3) is 0 Å². The third kappa shape index (κ3) is 4.17. The summed E-state index contributed by atoms with van der Waals surface area (Å²) in [6, 6.07) is 8.50. The predicted molar refractivity (Wildman–Crippen MR) is 112 cm³/mol. The highest BCUT2D eigenvalue weighted by Crippen LogP contribution is 2.28. The second-order valence-electron chi connectivity index (χ2n) is 7.03. The Hall–Kier alpha value is -3.13. The van der Waals surface area contributed by atoms with Gasteiger partial charge in [0.1, 0.15) is 11.3 Å². The summed E-state index contributed by atoms with van der Waals surface area (Å²) >= 11 is 0. The lowest BCUT2D eigenvalue weighted by Gasteiger charge is -2.17. The number of hydrogen-bond acceptors (Lipinski definition) is 5. The fourth-order valence-electron chi connectivity index (χ4n) is 3.17. The number of carbonyl (C=O) groups is 1. The first-order valence-corrected chi connectivity index (χ1v) is 10.5. The molecule has 0 fully saturated rings. The maximum atomic E-state index is 13.1. The molecule has 7 nitrogen and oxygen atoms in total. The molecule has 2 aromatic carbocycles. The van der Waals surface area contributed by atoms with Gasteiger partial charge >= 0.3 is 0 Å². The van der Waals surface area contributed by atoms with E-state index in [9.17, 15) is 13.2 Å². The normalized spacial score (nSPS) is 11.3. The van der Waals surface area contributed by atoms with Gasteiger partial charge in [0.15, 0.2) is 0 Å². The highest BCUT2D eigenvalue weighted by molar-refractivity contribution is 7.92. The van der Waals surface area contributed by atoms with Crippen LogP contribution in [-0.4, -0.2) is 19.5 Å². The van der Waals surface area contributed by atoms with E-state index in [4.69, 9.17) is 4.52 Å². The van der Waals surface area contributed by atoms with Crippen molar-refractivity contribution in [1.29, 1.82) is 0 Å². The summed E-state index contributed by atoms with van der Waals surface area (Å²) in [5.74, 6) is 0.0184. The SMILES string of the molecule is Cc1cc(C)c(C)c(S(=O)(=O)Nc2cccc(NC(=O)c3cnoc3C)c2)c1C. The molecule has 0 saturated carbocycles.